The van der Waals surface area contributed by atoms with E-state index in [1.807, 2.05) is 115 Å². The van der Waals surface area contributed by atoms with Gasteiger partial charge in [-0.2, -0.15) is 0 Å². The van der Waals surface area contributed by atoms with E-state index >= 15 is 0 Å². The highest BCUT2D eigenvalue weighted by Gasteiger charge is 2.22. The van der Waals surface area contributed by atoms with Crippen molar-refractivity contribution >= 4 is 148 Å². The summed E-state index contributed by atoms with van der Waals surface area (Å²) in [5, 5.41) is 9.64. The molecule has 39 nitrogen and oxygen atoms in total. The molecule has 1 aliphatic heterocycles. The second-order valence-corrected chi connectivity index (χ2v) is 30.5. The number of halogens is 1. The van der Waals surface area contributed by atoms with Crippen molar-refractivity contribution < 1.29 is 9.59 Å². The number of aromatic amines is 1. The molecule has 17 heterocycles. The van der Waals surface area contributed by atoms with Gasteiger partial charge in [-0.3, -0.25) is 14.4 Å². The van der Waals surface area contributed by atoms with Crippen LogP contribution in [0.1, 0.15) is 224 Å². The van der Waals surface area contributed by atoms with Gasteiger partial charge < -0.3 is 81.7 Å². The molecule has 628 valence electrons. The van der Waals surface area contributed by atoms with Crippen LogP contribution in [-0.4, -0.2) is 154 Å². The van der Waals surface area contributed by atoms with Gasteiger partial charge in [0, 0.05) is 103 Å². The Morgan fingerprint density at radius 2 is 0.824 bits per heavy atom. The first-order valence-electron chi connectivity index (χ1n) is 38.6. The number of carbonyl (C=O) groups is 2. The Kier molecular flexibility index (Phi) is 29.1. The Hall–Kier alpha value is -13.8. The van der Waals surface area contributed by atoms with Gasteiger partial charge in [-0.05, 0) is 176 Å². The summed E-state index contributed by atoms with van der Waals surface area (Å²) in [6.07, 6.45) is 22.8. The monoisotopic (exact) mass is 1640 g/mol. The number of ketones is 1. The summed E-state index contributed by atoms with van der Waals surface area (Å²) < 4.78 is 17.3. The molecule has 15 N–H and O–H groups in total. The van der Waals surface area contributed by atoms with Crippen LogP contribution >= 0.6 is 11.6 Å². The van der Waals surface area contributed by atoms with Gasteiger partial charge in [-0.25, -0.2) is 89.4 Å². The number of nitrogens with zero attached hydrogens (tertiary/aromatic N) is 28. The number of carbonyl (C=O) groups excluding carboxylic acids is 2. The van der Waals surface area contributed by atoms with Crippen LogP contribution in [0.4, 0.5) is 40.3 Å². The number of nitrogen functional groups attached to an aromatic ring is 6. The number of aliphatic imine (C=N–C) groups is 1. The van der Waals surface area contributed by atoms with E-state index in [0.717, 1.165) is 56.0 Å². The molecule has 17 rings (SSSR count). The van der Waals surface area contributed by atoms with Crippen LogP contribution in [0.15, 0.2) is 115 Å². The SMILES string of the molecule is CC(C)n1ccc2c(N)ccnc21.CC(C)n1cnc(C(N)=O)c1N.CC(C)n1cnc2c(Cl)ccnc21.CC(C)n1cnc2c(N)ccnc21.CC(C)n1cnc2c1N=CCC2=O.CC(C)n1nnc2c(N)ccnc21.Cc1nc(N)c2ncn(C(C)C)c2n1.Cc1nc(N)c2ncn(C(C)C)c2n1.Cc1nc2c(ncn2C(C)C)c(=O)[nH]1. The fourth-order valence-corrected chi connectivity index (χ4v) is 12.1. The quantitative estimate of drug-likeness (QED) is 0.0630. The highest BCUT2D eigenvalue weighted by molar-refractivity contribution is 6.34. The van der Waals surface area contributed by atoms with Crippen LogP contribution in [0.2, 0.25) is 5.02 Å². The van der Waals surface area contributed by atoms with Crippen LogP contribution in [0.25, 0.3) is 78.0 Å². The number of nitrogens with one attached hydrogen (secondary N) is 1. The molecule has 0 aromatic carbocycles. The van der Waals surface area contributed by atoms with Crippen LogP contribution in [0, 0.1) is 20.8 Å². The average Bonchev–Trinajstić information content (AvgIpc) is 1.44. The molecular formula is C79H107ClN36O3. The van der Waals surface area contributed by atoms with Crippen molar-refractivity contribution in [2.45, 2.75) is 206 Å². The van der Waals surface area contributed by atoms with E-state index in [1.165, 1.54) is 6.33 Å². The van der Waals surface area contributed by atoms with Gasteiger partial charge in [0.1, 0.15) is 51.0 Å². The molecule has 16 aromatic heterocycles. The summed E-state index contributed by atoms with van der Waals surface area (Å²) in [4.78, 5) is 107. The number of hydrogen-bond acceptors (Lipinski definition) is 28. The summed E-state index contributed by atoms with van der Waals surface area (Å²) in [6.45, 7) is 42.4. The summed E-state index contributed by atoms with van der Waals surface area (Å²) in [7, 11) is 0. The fraction of sp³-hybridized carbons (Fsp3) is 0.392. The number of hydrogen-bond donors (Lipinski definition) is 8. The van der Waals surface area contributed by atoms with Crippen molar-refractivity contribution in [3.63, 3.8) is 0 Å². The molecule has 0 radical (unpaired) electrons. The lowest BCUT2D eigenvalue weighted by Gasteiger charge is -2.10. The number of H-pyrrole nitrogens is 1. The lowest BCUT2D eigenvalue weighted by Crippen LogP contribution is -2.15. The van der Waals surface area contributed by atoms with Gasteiger partial charge in [-0.15, -0.1) is 5.10 Å². The van der Waals surface area contributed by atoms with E-state index in [0.29, 0.717) is 133 Å². The molecule has 0 unspecified atom stereocenters. The third kappa shape index (κ3) is 20.7. The molecule has 1 aliphatic rings. The molecular weight excluding hydrogens is 1540 g/mol. The molecule has 0 atom stereocenters. The van der Waals surface area contributed by atoms with Gasteiger partial charge in [0.05, 0.1) is 66.7 Å². The van der Waals surface area contributed by atoms with Crippen LogP contribution in [-0.2, 0) is 0 Å². The maximum Gasteiger partial charge on any atom is 0.279 e. The van der Waals surface area contributed by atoms with Crippen molar-refractivity contribution in [3.8, 4) is 0 Å². The number of aryl methyl sites for hydroxylation is 3. The molecule has 0 spiro atoms. The first-order chi connectivity index (χ1) is 56.3. The van der Waals surface area contributed by atoms with Crippen LogP contribution in [0.3, 0.4) is 0 Å². The van der Waals surface area contributed by atoms with Gasteiger partial charge in [0.15, 0.2) is 79.5 Å². The van der Waals surface area contributed by atoms with Crippen LogP contribution < -0.4 is 45.7 Å². The third-order valence-electron chi connectivity index (χ3n) is 18.1. The van der Waals surface area contributed by atoms with E-state index in [-0.39, 0.29) is 35.2 Å². The molecule has 16 aromatic rings. The Balaban J connectivity index is 0.000000153. The maximum atomic E-state index is 11.5. The first-order valence-corrected chi connectivity index (χ1v) is 39.0. The average molecular weight is 1640 g/mol. The van der Waals surface area contributed by atoms with Crippen molar-refractivity contribution in [1.82, 2.24) is 136 Å². The molecule has 119 heavy (non-hydrogen) atoms. The summed E-state index contributed by atoms with van der Waals surface area (Å²) in [6, 6.07) is 11.9. The molecule has 0 fully saturated rings. The minimum atomic E-state index is -0.591. The molecule has 40 heteroatoms. The Labute approximate surface area is 691 Å². The normalized spacial score (nSPS) is 11.7. The van der Waals surface area contributed by atoms with E-state index < -0.39 is 5.91 Å². The largest absolute Gasteiger partial charge is 0.398 e. The fourth-order valence-electron chi connectivity index (χ4n) is 11.9. The number of aromatic nitrogens is 28. The Morgan fingerprint density at radius 1 is 0.412 bits per heavy atom. The molecule has 0 bridgehead atoms. The minimum absolute atomic E-state index is 0.0596. The highest BCUT2D eigenvalue weighted by atomic mass is 35.5. The predicted molar refractivity (Wildman–Crippen MR) is 468 cm³/mol. The highest BCUT2D eigenvalue weighted by Crippen LogP contribution is 2.29. The Bertz CT molecular complexity index is 5820. The topological polar surface area (TPSA) is 538 Å². The molecule has 0 aliphatic carbocycles. The smallest absolute Gasteiger partial charge is 0.279 e. The van der Waals surface area contributed by atoms with Crippen molar-refractivity contribution in [3.05, 3.63) is 150 Å². The van der Waals surface area contributed by atoms with E-state index in [4.69, 9.17) is 51.7 Å². The molecule has 1 amide bonds. The van der Waals surface area contributed by atoms with Crippen molar-refractivity contribution in [2.75, 3.05) is 34.4 Å². The predicted octanol–water partition coefficient (Wildman–Crippen LogP) is 13.0. The standard InChI is InChI=1S/C10H13N3.C9H10ClN3.2C9H13N5.C9H12N4O.C9H12N4.C9H11N3O.C8H11N5.C7H12N4O/c1-7(2)13-6-4-8-9(11)3-5-12-10(8)13;1-6(2)13-5-12-8-7(10)3-4-11-9(8)13;2*1-5(2)14-4-11-7-8(10)12-6(3)13-9(7)14;1-5(2)13-4-10-7-8(13)11-6(3)12-9(7)14;1-6(2)13-5-12-8-7(10)3-4-11-9(8)13;1-6(2)12-5-11-8-7(13)3-4-10-9(8)12;1-5(2)13-8-7(11-12-13)6(9)3-4-10-8;1-4(2)11-3-10-5(6(11)8)7(9)12/h3-7H,1-2H3,(H2,11,12);3-6H,1-2H3;2*4-5H,1-3H3,(H2,10,12,13);4-5H,1-3H3,(H,11,12,14);3-6H,1-2H3,(H2,10,11);4-6H,3H2,1-2H3;3-5H,1-2H3,(H2,9,10);3-4H,8H2,1-2H3,(H2,9,12). The summed E-state index contributed by atoms with van der Waals surface area (Å²) in [5.41, 5.74) is 51.7. The number of imidazole rings is 7. The number of Topliss-reactive ketones (excluding diaryl/α,β-unsaturated/α-hetero) is 1. The van der Waals surface area contributed by atoms with E-state index in [9.17, 15) is 14.4 Å². The Morgan fingerprint density at radius 3 is 1.30 bits per heavy atom. The maximum absolute atomic E-state index is 11.5. The lowest BCUT2D eigenvalue weighted by molar-refractivity contribution is 0.0988. The number of anilines is 6. The summed E-state index contributed by atoms with van der Waals surface area (Å²) in [5.74, 6) is 3.37. The zero-order chi connectivity index (χ0) is 87.3. The second-order valence-electron chi connectivity index (χ2n) is 30.1. The lowest BCUT2D eigenvalue weighted by atomic mass is 10.2. The van der Waals surface area contributed by atoms with Crippen molar-refractivity contribution in [1.29, 1.82) is 0 Å². The zero-order valence-corrected chi connectivity index (χ0v) is 71.7. The van der Waals surface area contributed by atoms with Gasteiger partial charge in [-0.1, -0.05) is 16.8 Å². The first kappa shape index (κ1) is 89.2. The van der Waals surface area contributed by atoms with Gasteiger partial charge >= 0.3 is 0 Å². The molecule has 0 saturated heterocycles. The number of fused-ring (bicyclic) bond motifs is 8. The van der Waals surface area contributed by atoms with E-state index in [2.05, 4.69) is 174 Å². The molecule has 0 saturated carbocycles. The third-order valence-corrected chi connectivity index (χ3v) is 18.5. The number of primary amides is 1. The van der Waals surface area contributed by atoms with E-state index in [1.54, 1.807) is 103 Å². The van der Waals surface area contributed by atoms with Gasteiger partial charge in [0.2, 0.25) is 0 Å². The number of pyridine rings is 4. The zero-order valence-electron chi connectivity index (χ0n) is 71.0. The van der Waals surface area contributed by atoms with Gasteiger partial charge in [0.25, 0.3) is 11.5 Å². The van der Waals surface area contributed by atoms with Crippen molar-refractivity contribution in [2.24, 2.45) is 10.7 Å². The number of amides is 1. The van der Waals surface area contributed by atoms with Crippen LogP contribution in [0.5, 0.6) is 0 Å². The number of rotatable bonds is 10. The minimum Gasteiger partial charge on any atom is -0.398 e. The summed E-state index contributed by atoms with van der Waals surface area (Å²) >= 11 is 5.96. The second kappa shape index (κ2) is 38.8. The number of nitrogens with two attached hydrogens (primary N) is 7.